The van der Waals surface area contributed by atoms with Crippen molar-refractivity contribution in [1.82, 2.24) is 4.90 Å². The number of anilines is 1. The maximum Gasteiger partial charge on any atom is 0.387 e. The van der Waals surface area contributed by atoms with E-state index >= 15 is 0 Å². The van der Waals surface area contributed by atoms with Gasteiger partial charge in [-0.2, -0.15) is 8.78 Å². The Balaban J connectivity index is 1.65. The molecule has 0 atom stereocenters. The lowest BCUT2D eigenvalue weighted by molar-refractivity contribution is -0.0502. The summed E-state index contributed by atoms with van der Waals surface area (Å²) in [5.41, 5.74) is 1.77. The van der Waals surface area contributed by atoms with E-state index in [0.717, 1.165) is 5.69 Å². The van der Waals surface area contributed by atoms with Crippen LogP contribution < -0.4 is 9.64 Å². The Hall–Kier alpha value is -2.96. The molecule has 1 aliphatic heterocycles. The number of amides is 1. The zero-order chi connectivity index (χ0) is 19.4. The summed E-state index contributed by atoms with van der Waals surface area (Å²) in [5, 5.41) is 0. The molecule has 0 saturated carbocycles. The summed E-state index contributed by atoms with van der Waals surface area (Å²) >= 11 is 0. The van der Waals surface area contributed by atoms with Crippen molar-refractivity contribution in [2.24, 2.45) is 0 Å². The smallest absolute Gasteiger partial charge is 0.387 e. The van der Waals surface area contributed by atoms with E-state index in [1.54, 1.807) is 29.2 Å². The van der Waals surface area contributed by atoms with E-state index in [-0.39, 0.29) is 23.0 Å². The molecule has 27 heavy (non-hydrogen) atoms. The van der Waals surface area contributed by atoms with Crippen molar-refractivity contribution in [3.8, 4) is 5.75 Å². The van der Waals surface area contributed by atoms with Gasteiger partial charge in [-0.15, -0.1) is 0 Å². The van der Waals surface area contributed by atoms with Gasteiger partial charge in [0.1, 0.15) is 5.75 Å². The van der Waals surface area contributed by atoms with Gasteiger partial charge >= 0.3 is 6.61 Å². The number of nitrogens with zero attached hydrogens (tertiary/aromatic N) is 2. The minimum absolute atomic E-state index is 0.0154. The second-order valence-electron chi connectivity index (χ2n) is 6.26. The Bertz CT molecular complexity index is 816. The zero-order valence-electron chi connectivity index (χ0n) is 14.9. The van der Waals surface area contributed by atoms with Crippen LogP contribution in [0.15, 0.2) is 48.5 Å². The summed E-state index contributed by atoms with van der Waals surface area (Å²) in [5.74, 6) is -0.417. The van der Waals surface area contributed by atoms with Gasteiger partial charge in [0.2, 0.25) is 0 Å². The van der Waals surface area contributed by atoms with Crippen molar-refractivity contribution in [2.75, 3.05) is 31.1 Å². The van der Waals surface area contributed by atoms with Crippen LogP contribution in [0.2, 0.25) is 0 Å². The van der Waals surface area contributed by atoms with Crippen molar-refractivity contribution in [2.45, 2.75) is 13.5 Å². The largest absolute Gasteiger partial charge is 0.434 e. The van der Waals surface area contributed by atoms with Gasteiger partial charge in [-0.25, -0.2) is 0 Å². The fourth-order valence-electron chi connectivity index (χ4n) is 3.09. The number of carbonyl (C=O) groups excluding carboxylic acids is 2. The van der Waals surface area contributed by atoms with E-state index < -0.39 is 6.61 Å². The molecule has 2 aromatic rings. The summed E-state index contributed by atoms with van der Waals surface area (Å²) in [6, 6.07) is 13.4. The molecular formula is C20H20F2N2O3. The standard InChI is InChI=1S/C20H20F2N2O3/c1-14(25)15-6-8-16(9-7-15)23-10-12-24(13-11-23)19(26)17-4-2-3-5-18(17)27-20(21)22/h2-9,20H,10-13H2,1H3. The first-order valence-electron chi connectivity index (χ1n) is 8.65. The molecule has 0 unspecified atom stereocenters. The number of piperazine rings is 1. The topological polar surface area (TPSA) is 49.9 Å². The average Bonchev–Trinajstić information content (AvgIpc) is 2.68. The summed E-state index contributed by atoms with van der Waals surface area (Å²) in [6.45, 7) is 0.710. The highest BCUT2D eigenvalue weighted by molar-refractivity contribution is 5.97. The van der Waals surface area contributed by atoms with Crippen LogP contribution in [0.4, 0.5) is 14.5 Å². The third-order valence-electron chi connectivity index (χ3n) is 4.54. The van der Waals surface area contributed by atoms with Crippen LogP contribution in [-0.4, -0.2) is 49.4 Å². The summed E-state index contributed by atoms with van der Waals surface area (Å²) in [4.78, 5) is 27.8. The second kappa shape index (κ2) is 8.16. The molecule has 1 fully saturated rings. The molecule has 0 N–H and O–H groups in total. The van der Waals surface area contributed by atoms with Crippen molar-refractivity contribution in [3.63, 3.8) is 0 Å². The third kappa shape index (κ3) is 4.42. The minimum Gasteiger partial charge on any atom is -0.434 e. The van der Waals surface area contributed by atoms with Crippen LogP contribution in [-0.2, 0) is 0 Å². The van der Waals surface area contributed by atoms with Gasteiger partial charge in [0.05, 0.1) is 5.56 Å². The highest BCUT2D eigenvalue weighted by atomic mass is 19.3. The number of hydrogen-bond donors (Lipinski definition) is 0. The quantitative estimate of drug-likeness (QED) is 0.752. The molecule has 3 rings (SSSR count). The number of Topliss-reactive ketones (excluding diaryl/α,β-unsaturated/α-hetero) is 1. The first-order valence-corrected chi connectivity index (χ1v) is 8.65. The molecule has 7 heteroatoms. The molecule has 0 bridgehead atoms. The van der Waals surface area contributed by atoms with Crippen LogP contribution in [0.1, 0.15) is 27.6 Å². The van der Waals surface area contributed by atoms with Crippen LogP contribution in [0.25, 0.3) is 0 Å². The summed E-state index contributed by atoms with van der Waals surface area (Å²) in [6.07, 6.45) is 0. The molecule has 1 amide bonds. The Kier molecular flexibility index (Phi) is 5.69. The van der Waals surface area contributed by atoms with Crippen molar-refractivity contribution in [3.05, 3.63) is 59.7 Å². The summed E-state index contributed by atoms with van der Waals surface area (Å²) < 4.78 is 29.6. The molecule has 1 saturated heterocycles. The molecule has 5 nitrogen and oxygen atoms in total. The van der Waals surface area contributed by atoms with Gasteiger partial charge in [-0.1, -0.05) is 12.1 Å². The molecule has 0 spiro atoms. The molecule has 0 radical (unpaired) electrons. The minimum atomic E-state index is -2.98. The number of ether oxygens (including phenoxy) is 1. The number of para-hydroxylation sites is 1. The van der Waals surface area contributed by atoms with E-state index in [4.69, 9.17) is 0 Å². The predicted octanol–water partition coefficient (Wildman–Crippen LogP) is 3.45. The SMILES string of the molecule is CC(=O)c1ccc(N2CCN(C(=O)c3ccccc3OC(F)F)CC2)cc1. The lowest BCUT2D eigenvalue weighted by atomic mass is 10.1. The number of hydrogen-bond acceptors (Lipinski definition) is 4. The van der Waals surface area contributed by atoms with Crippen molar-refractivity contribution < 1.29 is 23.1 Å². The monoisotopic (exact) mass is 374 g/mol. The van der Waals surface area contributed by atoms with Crippen molar-refractivity contribution >= 4 is 17.4 Å². The predicted molar refractivity (Wildman–Crippen MR) is 97.6 cm³/mol. The summed E-state index contributed by atoms with van der Waals surface area (Å²) in [7, 11) is 0. The van der Waals surface area contributed by atoms with Crippen molar-refractivity contribution in [1.29, 1.82) is 0 Å². The Labute approximate surface area is 156 Å². The van der Waals surface area contributed by atoms with Crippen LogP contribution in [0, 0.1) is 0 Å². The van der Waals surface area contributed by atoms with Gasteiger partial charge < -0.3 is 14.5 Å². The zero-order valence-corrected chi connectivity index (χ0v) is 14.9. The fourth-order valence-corrected chi connectivity index (χ4v) is 3.09. The highest BCUT2D eigenvalue weighted by Crippen LogP contribution is 2.23. The molecule has 1 aliphatic rings. The lowest BCUT2D eigenvalue weighted by Gasteiger charge is -2.36. The van der Waals surface area contributed by atoms with Gasteiger partial charge in [0.15, 0.2) is 5.78 Å². The van der Waals surface area contributed by atoms with Gasteiger partial charge in [-0.3, -0.25) is 9.59 Å². The number of ketones is 1. The fraction of sp³-hybridized carbons (Fsp3) is 0.300. The number of carbonyl (C=O) groups is 2. The van der Waals surface area contributed by atoms with E-state index in [1.165, 1.54) is 19.1 Å². The Morgan fingerprint density at radius 2 is 1.59 bits per heavy atom. The molecule has 1 heterocycles. The molecule has 0 aromatic heterocycles. The maximum atomic E-state index is 12.7. The number of halogens is 2. The molecule has 142 valence electrons. The van der Waals surface area contributed by atoms with Crippen LogP contribution in [0.3, 0.4) is 0 Å². The van der Waals surface area contributed by atoms with Gasteiger partial charge in [0.25, 0.3) is 5.91 Å². The first-order chi connectivity index (χ1) is 13.0. The van der Waals surface area contributed by atoms with Crippen LogP contribution >= 0.6 is 0 Å². The van der Waals surface area contributed by atoms with Gasteiger partial charge in [-0.05, 0) is 43.3 Å². The molecular weight excluding hydrogens is 354 g/mol. The Morgan fingerprint density at radius 3 is 2.19 bits per heavy atom. The van der Waals surface area contributed by atoms with Crippen LogP contribution in [0.5, 0.6) is 5.75 Å². The van der Waals surface area contributed by atoms with E-state index in [2.05, 4.69) is 9.64 Å². The number of rotatable bonds is 5. The third-order valence-corrected chi connectivity index (χ3v) is 4.54. The molecule has 2 aromatic carbocycles. The van der Waals surface area contributed by atoms with E-state index in [9.17, 15) is 18.4 Å². The van der Waals surface area contributed by atoms with E-state index in [1.807, 2.05) is 12.1 Å². The first kappa shape index (κ1) is 18.8. The maximum absolute atomic E-state index is 12.7. The normalized spacial score (nSPS) is 14.4. The average molecular weight is 374 g/mol. The number of benzene rings is 2. The van der Waals surface area contributed by atoms with E-state index in [0.29, 0.717) is 31.7 Å². The second-order valence-corrected chi connectivity index (χ2v) is 6.26. The lowest BCUT2D eigenvalue weighted by Crippen LogP contribution is -2.48. The number of alkyl halides is 2. The highest BCUT2D eigenvalue weighted by Gasteiger charge is 2.25. The Morgan fingerprint density at radius 1 is 0.963 bits per heavy atom. The van der Waals surface area contributed by atoms with Gasteiger partial charge in [0, 0.05) is 37.4 Å². The molecule has 0 aliphatic carbocycles.